The van der Waals surface area contributed by atoms with Gasteiger partial charge in [-0.1, -0.05) is 22.8 Å². The molecule has 1 N–H and O–H groups in total. The van der Waals surface area contributed by atoms with Gasteiger partial charge in [0.05, 0.1) is 24.5 Å². The van der Waals surface area contributed by atoms with Gasteiger partial charge < -0.3 is 19.5 Å². The van der Waals surface area contributed by atoms with E-state index < -0.39 is 0 Å². The van der Waals surface area contributed by atoms with E-state index in [1.54, 1.807) is 31.4 Å². The molecule has 1 aliphatic heterocycles. The number of rotatable bonds is 6. The monoisotopic (exact) mass is 468 g/mol. The topological polar surface area (TPSA) is 97.6 Å². The summed E-state index contributed by atoms with van der Waals surface area (Å²) in [5.74, 6) is 1.49. The maximum atomic E-state index is 12.9. The first kappa shape index (κ1) is 22.8. The zero-order chi connectivity index (χ0) is 23.4. The maximum absolute atomic E-state index is 12.9. The summed E-state index contributed by atoms with van der Waals surface area (Å²) in [4.78, 5) is 30.5. The molecule has 1 fully saturated rings. The number of benzene rings is 2. The fraction of sp³-hybridized carbons (Fsp3) is 0.333. The highest BCUT2D eigenvalue weighted by Crippen LogP contribution is 2.29. The Balaban J connectivity index is 1.40. The molecule has 0 bridgehead atoms. The normalized spacial score (nSPS) is 15.8. The number of amides is 2. The highest BCUT2D eigenvalue weighted by atomic mass is 35.5. The van der Waals surface area contributed by atoms with E-state index in [9.17, 15) is 9.59 Å². The number of nitrogens with one attached hydrogen (secondary N) is 1. The Bertz CT molecular complexity index is 1150. The molecule has 8 nitrogen and oxygen atoms in total. The molecule has 9 heteroatoms. The van der Waals surface area contributed by atoms with E-state index in [4.69, 9.17) is 20.9 Å². The predicted molar refractivity (Wildman–Crippen MR) is 124 cm³/mol. The summed E-state index contributed by atoms with van der Waals surface area (Å²) in [5.41, 5.74) is 2.34. The van der Waals surface area contributed by atoms with Crippen molar-refractivity contribution in [3.8, 4) is 17.1 Å². The Labute approximate surface area is 196 Å². The second-order valence-corrected chi connectivity index (χ2v) is 8.45. The van der Waals surface area contributed by atoms with Crippen LogP contribution >= 0.6 is 11.6 Å². The molecule has 1 aromatic heterocycles. The summed E-state index contributed by atoms with van der Waals surface area (Å²) in [5, 5.41) is 7.33. The Morgan fingerprint density at radius 1 is 1.24 bits per heavy atom. The fourth-order valence-corrected chi connectivity index (χ4v) is 4.22. The number of hydrogen-bond donors (Lipinski definition) is 1. The molecule has 0 unspecified atom stereocenters. The van der Waals surface area contributed by atoms with Gasteiger partial charge in [0.2, 0.25) is 23.5 Å². The number of carbonyl (C=O) groups is 2. The first-order valence-electron chi connectivity index (χ1n) is 10.7. The van der Waals surface area contributed by atoms with Crippen molar-refractivity contribution in [2.75, 3.05) is 25.5 Å². The number of ether oxygens (including phenoxy) is 1. The average Bonchev–Trinajstić information content (AvgIpc) is 3.30. The van der Waals surface area contributed by atoms with Gasteiger partial charge in [-0.05, 0) is 54.8 Å². The molecule has 1 atom stereocenters. The SMILES string of the molecule is COc1ccc(CC(=O)N2CCC[C@@H](c3nc(-c4ccc(NC(C)=O)cc4)no3)C2)cc1Cl. The van der Waals surface area contributed by atoms with E-state index in [1.165, 1.54) is 6.92 Å². The Kier molecular flexibility index (Phi) is 6.93. The van der Waals surface area contributed by atoms with E-state index in [0.29, 0.717) is 41.3 Å². The molecule has 4 rings (SSSR count). The highest BCUT2D eigenvalue weighted by Gasteiger charge is 2.28. The number of halogens is 1. The van der Waals surface area contributed by atoms with Crippen LogP contribution in [0.1, 0.15) is 37.1 Å². The standard InChI is InChI=1S/C24H25ClN4O4/c1-15(30)26-19-8-6-17(7-9-19)23-27-24(33-28-23)18-4-3-11-29(14-18)22(31)13-16-5-10-21(32-2)20(25)12-16/h5-10,12,18H,3-4,11,13-14H2,1-2H3,(H,26,30)/t18-/m1/s1. The molecule has 2 aromatic carbocycles. The molecule has 0 radical (unpaired) electrons. The lowest BCUT2D eigenvalue weighted by Crippen LogP contribution is -2.40. The third-order valence-electron chi connectivity index (χ3n) is 5.60. The van der Waals surface area contributed by atoms with Crippen LogP contribution < -0.4 is 10.1 Å². The quantitative estimate of drug-likeness (QED) is 0.579. The molecule has 33 heavy (non-hydrogen) atoms. The lowest BCUT2D eigenvalue weighted by molar-refractivity contribution is -0.131. The molecule has 0 aliphatic carbocycles. The van der Waals surface area contributed by atoms with Gasteiger partial charge in [0.15, 0.2) is 0 Å². The Morgan fingerprint density at radius 2 is 2.03 bits per heavy atom. The van der Waals surface area contributed by atoms with Crippen LogP contribution in [-0.4, -0.2) is 47.1 Å². The van der Waals surface area contributed by atoms with E-state index >= 15 is 0 Å². The predicted octanol–water partition coefficient (Wildman–Crippen LogP) is 4.31. The van der Waals surface area contributed by atoms with Gasteiger partial charge in [-0.3, -0.25) is 9.59 Å². The number of carbonyl (C=O) groups excluding carboxylic acids is 2. The van der Waals surface area contributed by atoms with E-state index in [0.717, 1.165) is 24.0 Å². The average molecular weight is 469 g/mol. The van der Waals surface area contributed by atoms with Gasteiger partial charge in [0.25, 0.3) is 0 Å². The first-order chi connectivity index (χ1) is 15.9. The summed E-state index contributed by atoms with van der Waals surface area (Å²) in [6.07, 6.45) is 2.01. The highest BCUT2D eigenvalue weighted by molar-refractivity contribution is 6.32. The molecule has 172 valence electrons. The Hall–Kier alpha value is -3.39. The fourth-order valence-electron chi connectivity index (χ4n) is 3.94. The minimum atomic E-state index is -0.129. The van der Waals surface area contributed by atoms with Crippen molar-refractivity contribution in [3.63, 3.8) is 0 Å². The van der Waals surface area contributed by atoms with Crippen molar-refractivity contribution >= 4 is 29.1 Å². The van der Waals surface area contributed by atoms with Gasteiger partial charge >= 0.3 is 0 Å². The second kappa shape index (κ2) is 10.0. The van der Waals surface area contributed by atoms with Crippen molar-refractivity contribution in [3.05, 3.63) is 58.9 Å². The van der Waals surface area contributed by atoms with Crippen molar-refractivity contribution in [1.82, 2.24) is 15.0 Å². The van der Waals surface area contributed by atoms with Gasteiger partial charge in [0.1, 0.15) is 5.75 Å². The zero-order valence-electron chi connectivity index (χ0n) is 18.5. The lowest BCUT2D eigenvalue weighted by Gasteiger charge is -2.31. The van der Waals surface area contributed by atoms with Crippen molar-refractivity contribution in [2.24, 2.45) is 0 Å². The summed E-state index contributed by atoms with van der Waals surface area (Å²) in [6, 6.07) is 12.6. The minimum Gasteiger partial charge on any atom is -0.495 e. The van der Waals surface area contributed by atoms with E-state index in [-0.39, 0.29) is 24.2 Å². The molecular formula is C24H25ClN4O4. The number of piperidine rings is 1. The van der Waals surface area contributed by atoms with Crippen LogP contribution in [0.25, 0.3) is 11.4 Å². The number of likely N-dealkylation sites (tertiary alicyclic amines) is 1. The Morgan fingerprint density at radius 3 is 2.73 bits per heavy atom. The number of aromatic nitrogens is 2. The number of methoxy groups -OCH3 is 1. The van der Waals surface area contributed by atoms with Crippen LogP contribution in [0, 0.1) is 0 Å². The smallest absolute Gasteiger partial charge is 0.231 e. The number of hydrogen-bond acceptors (Lipinski definition) is 6. The third-order valence-corrected chi connectivity index (χ3v) is 5.90. The summed E-state index contributed by atoms with van der Waals surface area (Å²) < 4.78 is 10.7. The minimum absolute atomic E-state index is 0.0120. The number of nitrogens with zero attached hydrogens (tertiary/aromatic N) is 3. The van der Waals surface area contributed by atoms with Gasteiger partial charge in [-0.2, -0.15) is 4.98 Å². The lowest BCUT2D eigenvalue weighted by atomic mass is 9.97. The molecule has 2 heterocycles. The third kappa shape index (κ3) is 5.51. The van der Waals surface area contributed by atoms with Crippen molar-refractivity contribution in [2.45, 2.75) is 32.1 Å². The van der Waals surface area contributed by atoms with Crippen LogP contribution in [0.2, 0.25) is 5.02 Å². The molecule has 0 spiro atoms. The molecule has 1 aliphatic rings. The van der Waals surface area contributed by atoms with Crippen molar-refractivity contribution in [1.29, 1.82) is 0 Å². The van der Waals surface area contributed by atoms with Crippen LogP contribution in [0.15, 0.2) is 47.0 Å². The second-order valence-electron chi connectivity index (χ2n) is 8.04. The first-order valence-corrected chi connectivity index (χ1v) is 11.1. The molecular weight excluding hydrogens is 444 g/mol. The summed E-state index contributed by atoms with van der Waals surface area (Å²) in [6.45, 7) is 2.69. The van der Waals surface area contributed by atoms with Crippen LogP contribution in [-0.2, 0) is 16.0 Å². The largest absolute Gasteiger partial charge is 0.495 e. The van der Waals surface area contributed by atoms with Crippen LogP contribution in [0.4, 0.5) is 5.69 Å². The molecule has 2 amide bonds. The molecule has 3 aromatic rings. The van der Waals surface area contributed by atoms with E-state index in [1.807, 2.05) is 23.1 Å². The van der Waals surface area contributed by atoms with E-state index in [2.05, 4.69) is 15.5 Å². The van der Waals surface area contributed by atoms with Gasteiger partial charge in [-0.25, -0.2) is 0 Å². The zero-order valence-corrected chi connectivity index (χ0v) is 19.3. The van der Waals surface area contributed by atoms with Crippen LogP contribution in [0.3, 0.4) is 0 Å². The van der Waals surface area contributed by atoms with Crippen molar-refractivity contribution < 1.29 is 18.8 Å². The summed E-state index contributed by atoms with van der Waals surface area (Å²) in [7, 11) is 1.56. The molecule has 1 saturated heterocycles. The maximum Gasteiger partial charge on any atom is 0.231 e. The molecule has 0 saturated carbocycles. The van der Waals surface area contributed by atoms with Gasteiger partial charge in [0, 0.05) is 31.3 Å². The van der Waals surface area contributed by atoms with Crippen LogP contribution in [0.5, 0.6) is 5.75 Å². The summed E-state index contributed by atoms with van der Waals surface area (Å²) >= 11 is 6.19. The van der Waals surface area contributed by atoms with Gasteiger partial charge in [-0.15, -0.1) is 0 Å². The number of anilines is 1.